The average molecular weight is 478 g/mol. The Morgan fingerprint density at radius 1 is 1.35 bits per heavy atom. The summed E-state index contributed by atoms with van der Waals surface area (Å²) in [4.78, 5) is 18.4. The van der Waals surface area contributed by atoms with Gasteiger partial charge in [-0.05, 0) is 45.9 Å². The predicted octanol–water partition coefficient (Wildman–Crippen LogP) is 2.33. The van der Waals surface area contributed by atoms with E-state index in [1.807, 2.05) is 27.7 Å². The normalized spacial score (nSPS) is 11.4. The second kappa shape index (κ2) is 11.1. The fourth-order valence-electron chi connectivity index (χ4n) is 2.19. The van der Waals surface area contributed by atoms with E-state index in [4.69, 9.17) is 4.74 Å². The number of hydrogen-bond acceptors (Lipinski definition) is 4. The number of benzene rings is 1. The van der Waals surface area contributed by atoms with E-state index >= 15 is 0 Å². The highest BCUT2D eigenvalue weighted by atomic mass is 127. The molecule has 0 unspecified atom stereocenters. The van der Waals surface area contributed by atoms with E-state index in [9.17, 15) is 9.90 Å². The first-order valence-electron chi connectivity index (χ1n) is 8.32. The summed E-state index contributed by atoms with van der Waals surface area (Å²) in [5.74, 6) is 1.33. The van der Waals surface area contributed by atoms with Gasteiger partial charge in [-0.25, -0.2) is 4.99 Å². The number of amides is 1. The zero-order chi connectivity index (χ0) is 19.0. The number of rotatable bonds is 6. The zero-order valence-corrected chi connectivity index (χ0v) is 18.8. The highest BCUT2D eigenvalue weighted by Gasteiger charge is 2.16. The molecule has 0 aliphatic carbocycles. The Hall–Kier alpha value is -1.71. The smallest absolute Gasteiger partial charge is 0.240 e. The van der Waals surface area contributed by atoms with Crippen LogP contribution in [-0.2, 0) is 11.3 Å². The summed E-state index contributed by atoms with van der Waals surface area (Å²) in [6.07, 6.45) is 0. The van der Waals surface area contributed by atoms with Crippen LogP contribution in [0, 0.1) is 0 Å². The van der Waals surface area contributed by atoms with E-state index in [-0.39, 0.29) is 54.3 Å². The van der Waals surface area contributed by atoms with Gasteiger partial charge in [0.2, 0.25) is 5.91 Å². The molecule has 0 bridgehead atoms. The molecule has 1 rings (SSSR count). The van der Waals surface area contributed by atoms with Crippen molar-refractivity contribution in [2.24, 2.45) is 4.99 Å². The first kappa shape index (κ1) is 24.3. The van der Waals surface area contributed by atoms with Gasteiger partial charge in [-0.15, -0.1) is 24.0 Å². The molecule has 0 saturated heterocycles. The number of guanidine groups is 1. The van der Waals surface area contributed by atoms with Crippen LogP contribution in [-0.4, -0.2) is 54.7 Å². The first-order valence-corrected chi connectivity index (χ1v) is 8.32. The Morgan fingerprint density at radius 2 is 2.00 bits per heavy atom. The fraction of sp³-hybridized carbons (Fsp3) is 0.556. The SMILES string of the molecule is CCNC(=NCc1cc(OC)ccc1O)N(C)CC(=O)NC(C)(C)C.I. The van der Waals surface area contributed by atoms with Gasteiger partial charge in [0.05, 0.1) is 20.2 Å². The number of hydrogen-bond donors (Lipinski definition) is 3. The molecule has 0 saturated carbocycles. The predicted molar refractivity (Wildman–Crippen MR) is 115 cm³/mol. The van der Waals surface area contributed by atoms with Crippen molar-refractivity contribution >= 4 is 35.8 Å². The highest BCUT2D eigenvalue weighted by molar-refractivity contribution is 14.0. The molecular weight excluding hydrogens is 447 g/mol. The first-order chi connectivity index (χ1) is 11.7. The van der Waals surface area contributed by atoms with E-state index < -0.39 is 0 Å². The topological polar surface area (TPSA) is 86.2 Å². The number of carbonyl (C=O) groups is 1. The lowest BCUT2D eigenvalue weighted by Crippen LogP contribution is -2.48. The lowest BCUT2D eigenvalue weighted by atomic mass is 10.1. The van der Waals surface area contributed by atoms with Crippen LogP contribution in [0.2, 0.25) is 0 Å². The van der Waals surface area contributed by atoms with E-state index in [1.54, 1.807) is 37.3 Å². The number of aliphatic imine (C=N–C) groups is 1. The molecule has 8 heteroatoms. The van der Waals surface area contributed by atoms with Crippen molar-refractivity contribution in [2.75, 3.05) is 27.2 Å². The molecule has 0 aliphatic heterocycles. The molecule has 0 aliphatic rings. The highest BCUT2D eigenvalue weighted by Crippen LogP contribution is 2.23. The van der Waals surface area contributed by atoms with Gasteiger partial charge in [0.15, 0.2) is 5.96 Å². The van der Waals surface area contributed by atoms with Gasteiger partial charge < -0.3 is 25.4 Å². The summed E-state index contributed by atoms with van der Waals surface area (Å²) >= 11 is 0. The second-order valence-electron chi connectivity index (χ2n) is 6.82. The van der Waals surface area contributed by atoms with Crippen LogP contribution >= 0.6 is 24.0 Å². The van der Waals surface area contributed by atoms with Crippen molar-refractivity contribution < 1.29 is 14.6 Å². The molecule has 1 aromatic carbocycles. The van der Waals surface area contributed by atoms with E-state index in [1.165, 1.54) is 0 Å². The Balaban J connectivity index is 0.00000625. The van der Waals surface area contributed by atoms with Gasteiger partial charge in [-0.3, -0.25) is 4.79 Å². The molecule has 26 heavy (non-hydrogen) atoms. The molecule has 1 aromatic rings. The summed E-state index contributed by atoms with van der Waals surface area (Å²) in [7, 11) is 3.38. The number of nitrogens with one attached hydrogen (secondary N) is 2. The molecule has 0 atom stereocenters. The molecule has 148 valence electrons. The number of likely N-dealkylation sites (N-methyl/N-ethyl adjacent to an activating group) is 1. The third-order valence-corrected chi connectivity index (χ3v) is 3.28. The number of aromatic hydroxyl groups is 1. The Kier molecular flexibility index (Phi) is 10.4. The van der Waals surface area contributed by atoms with Gasteiger partial charge in [0.25, 0.3) is 0 Å². The van der Waals surface area contributed by atoms with E-state index in [2.05, 4.69) is 15.6 Å². The summed E-state index contributed by atoms with van der Waals surface area (Å²) < 4.78 is 5.17. The van der Waals surface area contributed by atoms with Crippen LogP contribution in [0.25, 0.3) is 0 Å². The van der Waals surface area contributed by atoms with Gasteiger partial charge in [-0.1, -0.05) is 0 Å². The van der Waals surface area contributed by atoms with Crippen LogP contribution in [0.5, 0.6) is 11.5 Å². The summed E-state index contributed by atoms with van der Waals surface area (Å²) in [6, 6.07) is 5.02. The number of carbonyl (C=O) groups excluding carboxylic acids is 1. The molecule has 1 amide bonds. The second-order valence-corrected chi connectivity index (χ2v) is 6.82. The maximum atomic E-state index is 12.1. The Labute approximate surface area is 173 Å². The molecule has 0 aromatic heterocycles. The maximum absolute atomic E-state index is 12.1. The third-order valence-electron chi connectivity index (χ3n) is 3.28. The van der Waals surface area contributed by atoms with Crippen LogP contribution in [0.3, 0.4) is 0 Å². The number of phenolic OH excluding ortho intramolecular Hbond substituents is 1. The van der Waals surface area contributed by atoms with Crippen LogP contribution in [0.15, 0.2) is 23.2 Å². The minimum Gasteiger partial charge on any atom is -0.508 e. The Bertz CT molecular complexity index is 615. The lowest BCUT2D eigenvalue weighted by Gasteiger charge is -2.25. The molecule has 3 N–H and O–H groups in total. The minimum atomic E-state index is -0.278. The molecule has 0 fully saturated rings. The van der Waals surface area contributed by atoms with Crippen LogP contribution < -0.4 is 15.4 Å². The third kappa shape index (κ3) is 8.59. The lowest BCUT2D eigenvalue weighted by molar-refractivity contribution is -0.122. The largest absolute Gasteiger partial charge is 0.508 e. The van der Waals surface area contributed by atoms with Crippen molar-refractivity contribution in [3.8, 4) is 11.5 Å². The van der Waals surface area contributed by atoms with Crippen molar-refractivity contribution in [3.05, 3.63) is 23.8 Å². The summed E-state index contributed by atoms with van der Waals surface area (Å²) in [5.41, 5.74) is 0.377. The Morgan fingerprint density at radius 3 is 2.54 bits per heavy atom. The van der Waals surface area contributed by atoms with Crippen LogP contribution in [0.1, 0.15) is 33.3 Å². The van der Waals surface area contributed by atoms with Gasteiger partial charge in [0.1, 0.15) is 11.5 Å². The quantitative estimate of drug-likeness (QED) is 0.332. The van der Waals surface area contributed by atoms with Crippen molar-refractivity contribution in [1.29, 1.82) is 0 Å². The maximum Gasteiger partial charge on any atom is 0.240 e. The molecule has 0 spiro atoms. The number of ether oxygens (including phenoxy) is 1. The molecule has 0 radical (unpaired) electrons. The number of halogens is 1. The molecular formula is C18H31IN4O3. The zero-order valence-electron chi connectivity index (χ0n) is 16.4. The van der Waals surface area contributed by atoms with Gasteiger partial charge in [0, 0.05) is 24.7 Å². The van der Waals surface area contributed by atoms with Crippen molar-refractivity contribution in [2.45, 2.75) is 39.8 Å². The van der Waals surface area contributed by atoms with Crippen molar-refractivity contribution in [3.63, 3.8) is 0 Å². The van der Waals surface area contributed by atoms with E-state index in [0.717, 1.165) is 0 Å². The van der Waals surface area contributed by atoms with E-state index in [0.29, 0.717) is 23.8 Å². The van der Waals surface area contributed by atoms with Crippen LogP contribution in [0.4, 0.5) is 0 Å². The standard InChI is InChI=1S/C18H30N4O3.HI/c1-7-19-17(22(5)12-16(24)21-18(2,3)4)20-11-13-10-14(25-6)8-9-15(13)23;/h8-10,23H,7,11-12H2,1-6H3,(H,19,20)(H,21,24);1H. The molecule has 0 heterocycles. The fourth-order valence-corrected chi connectivity index (χ4v) is 2.19. The number of phenols is 1. The van der Waals surface area contributed by atoms with Gasteiger partial charge in [-0.2, -0.15) is 0 Å². The monoisotopic (exact) mass is 478 g/mol. The average Bonchev–Trinajstić information content (AvgIpc) is 2.50. The number of nitrogens with zero attached hydrogens (tertiary/aromatic N) is 2. The summed E-state index contributed by atoms with van der Waals surface area (Å²) in [5, 5.41) is 16.0. The molecule has 7 nitrogen and oxygen atoms in total. The summed E-state index contributed by atoms with van der Waals surface area (Å²) in [6.45, 7) is 8.92. The minimum absolute atomic E-state index is 0. The number of methoxy groups -OCH3 is 1. The van der Waals surface area contributed by atoms with Crippen molar-refractivity contribution in [1.82, 2.24) is 15.5 Å². The van der Waals surface area contributed by atoms with Gasteiger partial charge >= 0.3 is 0 Å².